The fourth-order valence-corrected chi connectivity index (χ4v) is 11.7. The summed E-state index contributed by atoms with van der Waals surface area (Å²) in [7, 11) is 0. The highest BCUT2D eigenvalue weighted by Gasteiger charge is 2.33. The lowest BCUT2D eigenvalue weighted by Gasteiger charge is -2.38. The first-order valence-electron chi connectivity index (χ1n) is 23.5. The van der Waals surface area contributed by atoms with Crippen molar-refractivity contribution in [1.82, 2.24) is 0 Å². The second kappa shape index (κ2) is 21.7. The maximum Gasteiger partial charge on any atom is 0.194 e. The average molecular weight is 875 g/mol. The molecule has 0 saturated heterocycles. The zero-order valence-electron chi connectivity index (χ0n) is 36.6. The molecule has 0 amide bonds. The highest BCUT2D eigenvalue weighted by atomic mass is 19.2. The minimum Gasteiger partial charge on any atom is -0.206 e. The van der Waals surface area contributed by atoms with Crippen molar-refractivity contribution in [3.05, 3.63) is 143 Å². The Kier molecular flexibility index (Phi) is 16.1. The summed E-state index contributed by atoms with van der Waals surface area (Å²) in [5.41, 5.74) is 2.09. The van der Waals surface area contributed by atoms with Gasteiger partial charge in [0.15, 0.2) is 34.9 Å². The van der Waals surface area contributed by atoms with E-state index in [0.29, 0.717) is 11.8 Å². The second-order valence-corrected chi connectivity index (χ2v) is 19.1. The average Bonchev–Trinajstić information content (AvgIpc) is 3.30. The van der Waals surface area contributed by atoms with Crippen LogP contribution in [0.3, 0.4) is 0 Å². The molecule has 0 nitrogen and oxygen atoms in total. The number of halogens is 8. The number of hydrogen-bond acceptors (Lipinski definition) is 0. The Morgan fingerprint density at radius 1 is 0.460 bits per heavy atom. The van der Waals surface area contributed by atoms with Gasteiger partial charge in [-0.2, -0.15) is 0 Å². The fourth-order valence-electron chi connectivity index (χ4n) is 11.7. The van der Waals surface area contributed by atoms with E-state index >= 15 is 0 Å². The van der Waals surface area contributed by atoms with E-state index in [2.05, 4.69) is 25.7 Å². The van der Waals surface area contributed by atoms with E-state index < -0.39 is 46.5 Å². The third-order valence-electron chi connectivity index (χ3n) is 15.3. The lowest BCUT2D eigenvalue weighted by atomic mass is 9.68. The van der Waals surface area contributed by atoms with E-state index in [-0.39, 0.29) is 22.3 Å². The van der Waals surface area contributed by atoms with Gasteiger partial charge in [0.2, 0.25) is 0 Å². The predicted molar refractivity (Wildman–Crippen MR) is 238 cm³/mol. The van der Waals surface area contributed by atoms with Crippen LogP contribution in [0, 0.1) is 82.0 Å². The van der Waals surface area contributed by atoms with Gasteiger partial charge in [-0.05, 0) is 216 Å². The van der Waals surface area contributed by atoms with E-state index in [4.69, 9.17) is 0 Å². The molecule has 0 radical (unpaired) electrons. The first-order chi connectivity index (χ1) is 30.4. The van der Waals surface area contributed by atoms with Gasteiger partial charge in [0.1, 0.15) is 11.6 Å². The summed E-state index contributed by atoms with van der Waals surface area (Å²) < 4.78 is 110. The summed E-state index contributed by atoms with van der Waals surface area (Å²) >= 11 is 0. The van der Waals surface area contributed by atoms with E-state index in [9.17, 15) is 35.1 Å². The summed E-state index contributed by atoms with van der Waals surface area (Å²) in [5, 5.41) is 0. The number of benzene rings is 4. The van der Waals surface area contributed by atoms with Gasteiger partial charge in [-0.3, -0.25) is 0 Å². The molecular weight excluding hydrogens is 813 g/mol. The van der Waals surface area contributed by atoms with Crippen LogP contribution in [0.1, 0.15) is 145 Å². The molecule has 8 rings (SSSR count). The Balaban J connectivity index is 0.000000189. The molecule has 4 aliphatic rings. The van der Waals surface area contributed by atoms with Crippen molar-refractivity contribution in [3.63, 3.8) is 0 Å². The highest BCUT2D eigenvalue weighted by molar-refractivity contribution is 5.66. The van der Waals surface area contributed by atoms with Crippen LogP contribution in [0.2, 0.25) is 0 Å². The van der Waals surface area contributed by atoms with Crippen LogP contribution in [0.5, 0.6) is 0 Å². The summed E-state index contributed by atoms with van der Waals surface area (Å²) in [6.07, 6.45) is 28.5. The topological polar surface area (TPSA) is 0 Å². The summed E-state index contributed by atoms with van der Waals surface area (Å²) in [5.74, 6) is -3.88. The monoisotopic (exact) mass is 874 g/mol. The van der Waals surface area contributed by atoms with Crippen molar-refractivity contribution in [1.29, 1.82) is 0 Å². The third-order valence-corrected chi connectivity index (χ3v) is 15.3. The van der Waals surface area contributed by atoms with E-state index in [1.165, 1.54) is 95.6 Å². The van der Waals surface area contributed by atoms with Crippen LogP contribution in [-0.2, 0) is 0 Å². The molecular formula is C55H62F8. The molecule has 0 aromatic heterocycles. The van der Waals surface area contributed by atoms with E-state index in [1.54, 1.807) is 12.1 Å². The van der Waals surface area contributed by atoms with Crippen LogP contribution in [0.4, 0.5) is 35.1 Å². The van der Waals surface area contributed by atoms with Gasteiger partial charge in [0.05, 0.1) is 0 Å². The molecule has 4 aromatic carbocycles. The molecule has 0 aliphatic heterocycles. The maximum atomic E-state index is 14.8. The van der Waals surface area contributed by atoms with Gasteiger partial charge >= 0.3 is 0 Å². The molecule has 8 heteroatoms. The molecule has 0 spiro atoms. The molecule has 4 saturated carbocycles. The van der Waals surface area contributed by atoms with Crippen LogP contribution < -0.4 is 0 Å². The minimum atomic E-state index is -1.53. The van der Waals surface area contributed by atoms with Crippen LogP contribution in [0.15, 0.2) is 85.5 Å². The maximum absolute atomic E-state index is 14.8. The Bertz CT molecular complexity index is 2130. The largest absolute Gasteiger partial charge is 0.206 e. The van der Waals surface area contributed by atoms with E-state index in [1.807, 2.05) is 18.2 Å². The van der Waals surface area contributed by atoms with Gasteiger partial charge in [-0.1, -0.05) is 55.3 Å². The van der Waals surface area contributed by atoms with Crippen molar-refractivity contribution in [2.75, 3.05) is 0 Å². The predicted octanol–water partition coefficient (Wildman–Crippen LogP) is 17.5. The van der Waals surface area contributed by atoms with Crippen molar-refractivity contribution in [2.24, 2.45) is 35.5 Å². The Morgan fingerprint density at radius 2 is 0.825 bits per heavy atom. The Morgan fingerprint density at radius 3 is 1.17 bits per heavy atom. The van der Waals surface area contributed by atoms with Gasteiger partial charge in [0.25, 0.3) is 0 Å². The lowest BCUT2D eigenvalue weighted by Crippen LogP contribution is -2.25. The van der Waals surface area contributed by atoms with Crippen molar-refractivity contribution < 1.29 is 35.1 Å². The van der Waals surface area contributed by atoms with Crippen molar-refractivity contribution >= 4 is 0 Å². The molecule has 4 aliphatic carbocycles. The summed E-state index contributed by atoms with van der Waals surface area (Å²) in [4.78, 5) is 0. The van der Waals surface area contributed by atoms with Crippen LogP contribution >= 0.6 is 0 Å². The molecule has 0 bridgehead atoms. The van der Waals surface area contributed by atoms with Gasteiger partial charge in [-0.25, -0.2) is 35.1 Å². The first-order valence-corrected chi connectivity index (χ1v) is 23.5. The van der Waals surface area contributed by atoms with E-state index in [0.717, 1.165) is 103 Å². The molecule has 338 valence electrons. The molecule has 4 fully saturated rings. The zero-order valence-corrected chi connectivity index (χ0v) is 36.6. The molecule has 0 N–H and O–H groups in total. The van der Waals surface area contributed by atoms with Gasteiger partial charge in [0, 0.05) is 11.1 Å². The summed E-state index contributed by atoms with van der Waals surface area (Å²) in [6, 6.07) is 13.2. The summed E-state index contributed by atoms with van der Waals surface area (Å²) in [6.45, 7) is 5.93. The number of hydrogen-bond donors (Lipinski definition) is 0. The van der Waals surface area contributed by atoms with Crippen molar-refractivity contribution in [3.8, 4) is 22.3 Å². The number of rotatable bonds is 10. The molecule has 0 heterocycles. The standard InChI is InChI=1S/C28H32F4.C27H30F4/c1-2-3-4-18-5-7-19(8-6-18)20-9-11-21(12-10-20)22-13-14-24(25(29)15-22)23-16-26(30)28(32)27(31)17-23;1-2-3-17-4-6-18(7-5-17)19-8-10-20(11-9-19)21-12-13-23(24(28)14-21)22-15-25(29)27(31)26(30)16-22/h2,13-21H,1,3-12H2;2-3,12-20H,4-11H2,1H3/b;3-2+. The first kappa shape index (κ1) is 46.8. The Labute approximate surface area is 369 Å². The minimum absolute atomic E-state index is 0.0117. The third kappa shape index (κ3) is 11.6. The van der Waals surface area contributed by atoms with Gasteiger partial charge < -0.3 is 0 Å². The molecule has 0 atom stereocenters. The SMILES string of the molecule is C/C=C/C1CCC(C2CCC(c3ccc(-c4cc(F)c(F)c(F)c4)c(F)c3)CC2)CC1.C=CCCC1CCC(C2CCC(c3ccc(-c4cc(F)c(F)c(F)c4)c(F)c3)CC2)CC1. The number of allylic oxidation sites excluding steroid dienone is 3. The van der Waals surface area contributed by atoms with Crippen LogP contribution in [0.25, 0.3) is 22.3 Å². The quantitative estimate of drug-likeness (QED) is 0.0846. The smallest absolute Gasteiger partial charge is 0.194 e. The molecule has 4 aromatic rings. The fraction of sp³-hybridized carbons (Fsp3) is 0.491. The lowest BCUT2D eigenvalue weighted by molar-refractivity contribution is 0.157. The molecule has 0 unspecified atom stereocenters. The second-order valence-electron chi connectivity index (χ2n) is 19.1. The Hall–Kier alpha value is -4.20. The molecule has 63 heavy (non-hydrogen) atoms. The zero-order chi connectivity index (χ0) is 44.6. The van der Waals surface area contributed by atoms with Crippen LogP contribution in [-0.4, -0.2) is 0 Å². The normalized spacial score (nSPS) is 26.6. The highest BCUT2D eigenvalue weighted by Crippen LogP contribution is 2.46. The van der Waals surface area contributed by atoms with Gasteiger partial charge in [-0.15, -0.1) is 6.58 Å². The van der Waals surface area contributed by atoms with Crippen molar-refractivity contribution in [2.45, 2.75) is 134 Å².